The highest BCUT2D eigenvalue weighted by atomic mass is 16.5. The van der Waals surface area contributed by atoms with Crippen molar-refractivity contribution in [2.75, 3.05) is 13.7 Å². The molecule has 0 radical (unpaired) electrons. The molecule has 106 valence electrons. The molecule has 0 fully saturated rings. The van der Waals surface area contributed by atoms with Gasteiger partial charge in [0.1, 0.15) is 0 Å². The van der Waals surface area contributed by atoms with Crippen molar-refractivity contribution < 1.29 is 4.74 Å². The van der Waals surface area contributed by atoms with Gasteiger partial charge in [-0.05, 0) is 18.6 Å². The summed E-state index contributed by atoms with van der Waals surface area (Å²) in [7, 11) is 1.59. The number of nitrogens with zero attached hydrogens (tertiary/aromatic N) is 2. The van der Waals surface area contributed by atoms with Gasteiger partial charge in [0.25, 0.3) is 5.56 Å². The molecule has 20 heavy (non-hydrogen) atoms. The zero-order valence-electron chi connectivity index (χ0n) is 11.7. The molecule has 1 heterocycles. The van der Waals surface area contributed by atoms with E-state index in [0.717, 1.165) is 11.3 Å². The highest BCUT2D eigenvalue weighted by molar-refractivity contribution is 5.30. The van der Waals surface area contributed by atoms with Crippen LogP contribution in [-0.2, 0) is 11.3 Å². The maximum Gasteiger partial charge on any atom is 0.271 e. The molecule has 5 nitrogen and oxygen atoms in total. The molecule has 0 spiro atoms. The van der Waals surface area contributed by atoms with E-state index in [1.54, 1.807) is 13.2 Å². The molecule has 2 rings (SSSR count). The lowest BCUT2D eigenvalue weighted by Gasteiger charge is -2.14. The average Bonchev–Trinajstić information content (AvgIpc) is 2.48. The number of aromatic nitrogens is 2. The zero-order chi connectivity index (χ0) is 14.5. The molecule has 5 heteroatoms. The largest absolute Gasteiger partial charge is 0.383 e. The standard InChI is InChI=1S/C15H19N3O2/c1-11-10-13(14(16)12-6-4-3-5-7-12)15(19)18(17-11)8-9-20-2/h3-7,10,14H,8-9,16H2,1-2H3. The van der Waals surface area contributed by atoms with E-state index in [1.165, 1.54) is 4.68 Å². The predicted octanol–water partition coefficient (Wildman–Crippen LogP) is 1.25. The van der Waals surface area contributed by atoms with Crippen molar-refractivity contribution in [3.63, 3.8) is 0 Å². The van der Waals surface area contributed by atoms with Crippen LogP contribution >= 0.6 is 0 Å². The number of benzene rings is 1. The number of methoxy groups -OCH3 is 1. The van der Waals surface area contributed by atoms with Crippen LogP contribution in [0.25, 0.3) is 0 Å². The van der Waals surface area contributed by atoms with Crippen LogP contribution in [0.3, 0.4) is 0 Å². The smallest absolute Gasteiger partial charge is 0.271 e. The van der Waals surface area contributed by atoms with Crippen LogP contribution in [0, 0.1) is 6.92 Å². The third-order valence-electron chi connectivity index (χ3n) is 3.13. The number of hydrogen-bond acceptors (Lipinski definition) is 4. The van der Waals surface area contributed by atoms with Gasteiger partial charge >= 0.3 is 0 Å². The highest BCUT2D eigenvalue weighted by Crippen LogP contribution is 2.16. The Bertz CT molecular complexity index is 623. The van der Waals surface area contributed by atoms with Crippen LogP contribution in [0.4, 0.5) is 0 Å². The minimum Gasteiger partial charge on any atom is -0.383 e. The molecule has 1 aromatic carbocycles. The fourth-order valence-electron chi connectivity index (χ4n) is 2.09. The van der Waals surface area contributed by atoms with Gasteiger partial charge < -0.3 is 10.5 Å². The Balaban J connectivity index is 2.41. The molecule has 0 saturated heterocycles. The lowest BCUT2D eigenvalue weighted by molar-refractivity contribution is 0.181. The van der Waals surface area contributed by atoms with Crippen LogP contribution in [0.1, 0.15) is 22.9 Å². The minimum atomic E-state index is -0.445. The van der Waals surface area contributed by atoms with Gasteiger partial charge in [0.05, 0.1) is 24.9 Å². The zero-order valence-corrected chi connectivity index (χ0v) is 11.7. The van der Waals surface area contributed by atoms with Crippen LogP contribution in [-0.4, -0.2) is 23.5 Å². The molecule has 1 unspecified atom stereocenters. The molecular weight excluding hydrogens is 254 g/mol. The van der Waals surface area contributed by atoms with Gasteiger partial charge in [-0.3, -0.25) is 4.79 Å². The van der Waals surface area contributed by atoms with E-state index in [9.17, 15) is 4.79 Å². The van der Waals surface area contributed by atoms with Gasteiger partial charge in [-0.2, -0.15) is 5.10 Å². The molecular formula is C15H19N3O2. The highest BCUT2D eigenvalue weighted by Gasteiger charge is 2.15. The van der Waals surface area contributed by atoms with Crippen molar-refractivity contribution in [3.8, 4) is 0 Å². The Kier molecular flexibility index (Phi) is 4.65. The number of aryl methyl sites for hydroxylation is 1. The second-order valence-corrected chi connectivity index (χ2v) is 4.65. The maximum absolute atomic E-state index is 12.4. The molecule has 2 aromatic rings. The van der Waals surface area contributed by atoms with Gasteiger partial charge in [-0.25, -0.2) is 4.68 Å². The van der Waals surface area contributed by atoms with E-state index in [-0.39, 0.29) is 5.56 Å². The van der Waals surface area contributed by atoms with Crippen molar-refractivity contribution in [3.05, 3.63) is 63.6 Å². The molecule has 0 amide bonds. The first-order valence-electron chi connectivity index (χ1n) is 6.51. The summed E-state index contributed by atoms with van der Waals surface area (Å²) in [6.07, 6.45) is 0. The summed E-state index contributed by atoms with van der Waals surface area (Å²) in [6, 6.07) is 10.9. The third kappa shape index (κ3) is 3.12. The second-order valence-electron chi connectivity index (χ2n) is 4.65. The maximum atomic E-state index is 12.4. The van der Waals surface area contributed by atoms with Crippen molar-refractivity contribution in [2.24, 2.45) is 5.73 Å². The van der Waals surface area contributed by atoms with Crippen LogP contribution in [0.2, 0.25) is 0 Å². The Morgan fingerprint density at radius 2 is 2.05 bits per heavy atom. The van der Waals surface area contributed by atoms with E-state index in [1.807, 2.05) is 37.3 Å². The van der Waals surface area contributed by atoms with Crippen molar-refractivity contribution in [1.29, 1.82) is 0 Å². The minimum absolute atomic E-state index is 0.163. The van der Waals surface area contributed by atoms with Crippen LogP contribution in [0.15, 0.2) is 41.2 Å². The van der Waals surface area contributed by atoms with E-state index in [0.29, 0.717) is 18.7 Å². The van der Waals surface area contributed by atoms with Crippen molar-refractivity contribution in [1.82, 2.24) is 9.78 Å². The lowest BCUT2D eigenvalue weighted by Crippen LogP contribution is -2.32. The SMILES string of the molecule is COCCn1nc(C)cc(C(N)c2ccccc2)c1=O. The Morgan fingerprint density at radius 1 is 1.35 bits per heavy atom. The molecule has 0 aliphatic heterocycles. The molecule has 0 aliphatic rings. The monoisotopic (exact) mass is 273 g/mol. The molecule has 1 aromatic heterocycles. The van der Waals surface area contributed by atoms with Crippen LogP contribution in [0.5, 0.6) is 0 Å². The average molecular weight is 273 g/mol. The summed E-state index contributed by atoms with van der Waals surface area (Å²) in [5.74, 6) is 0. The molecule has 2 N–H and O–H groups in total. The van der Waals surface area contributed by atoms with Gasteiger partial charge in [-0.1, -0.05) is 30.3 Å². The first-order valence-corrected chi connectivity index (χ1v) is 6.51. The third-order valence-corrected chi connectivity index (χ3v) is 3.13. The van der Waals surface area contributed by atoms with Gasteiger partial charge in [0, 0.05) is 12.7 Å². The Hall–Kier alpha value is -1.98. The predicted molar refractivity (Wildman–Crippen MR) is 77.6 cm³/mol. The normalized spacial score (nSPS) is 12.3. The molecule has 0 saturated carbocycles. The van der Waals surface area contributed by atoms with Gasteiger partial charge in [0.15, 0.2) is 0 Å². The summed E-state index contributed by atoms with van der Waals surface area (Å²) in [6.45, 7) is 2.71. The van der Waals surface area contributed by atoms with E-state index < -0.39 is 6.04 Å². The second kappa shape index (κ2) is 6.45. The lowest BCUT2D eigenvalue weighted by atomic mass is 10.0. The number of ether oxygens (including phenoxy) is 1. The molecule has 0 bridgehead atoms. The number of nitrogens with two attached hydrogens (primary N) is 1. The van der Waals surface area contributed by atoms with Crippen molar-refractivity contribution in [2.45, 2.75) is 19.5 Å². The number of hydrogen-bond donors (Lipinski definition) is 1. The summed E-state index contributed by atoms with van der Waals surface area (Å²) >= 11 is 0. The molecule has 1 atom stereocenters. The number of rotatable bonds is 5. The fourth-order valence-corrected chi connectivity index (χ4v) is 2.09. The topological polar surface area (TPSA) is 70.1 Å². The fraction of sp³-hybridized carbons (Fsp3) is 0.333. The Morgan fingerprint density at radius 3 is 2.70 bits per heavy atom. The summed E-state index contributed by atoms with van der Waals surface area (Å²) in [4.78, 5) is 12.4. The molecule has 0 aliphatic carbocycles. The van der Waals surface area contributed by atoms with E-state index in [2.05, 4.69) is 5.10 Å². The van der Waals surface area contributed by atoms with E-state index >= 15 is 0 Å². The first kappa shape index (κ1) is 14.4. The van der Waals surface area contributed by atoms with E-state index in [4.69, 9.17) is 10.5 Å². The summed E-state index contributed by atoms with van der Waals surface area (Å²) in [5, 5.41) is 4.22. The van der Waals surface area contributed by atoms with Gasteiger partial charge in [-0.15, -0.1) is 0 Å². The summed E-state index contributed by atoms with van der Waals surface area (Å²) in [5.41, 5.74) is 8.28. The Labute approximate surface area is 118 Å². The summed E-state index contributed by atoms with van der Waals surface area (Å²) < 4.78 is 6.41. The quantitative estimate of drug-likeness (QED) is 0.890. The van der Waals surface area contributed by atoms with Gasteiger partial charge in [0.2, 0.25) is 0 Å². The van der Waals surface area contributed by atoms with Crippen LogP contribution < -0.4 is 11.3 Å². The first-order chi connectivity index (χ1) is 9.63. The van der Waals surface area contributed by atoms with Crippen molar-refractivity contribution >= 4 is 0 Å².